The van der Waals surface area contributed by atoms with Gasteiger partial charge in [0.25, 0.3) is 0 Å². The van der Waals surface area contributed by atoms with Crippen LogP contribution in [0, 0.1) is 7.43 Å². The van der Waals surface area contributed by atoms with Gasteiger partial charge in [0.15, 0.2) is 0 Å². The second-order valence-corrected chi connectivity index (χ2v) is 0. The van der Waals surface area contributed by atoms with Gasteiger partial charge in [-0.3, -0.25) is 0 Å². The maximum Gasteiger partial charge on any atom is 0 e. The molecule has 0 unspecified atom stereocenters. The largest absolute Gasteiger partial charge is 0 e. The molecular weight excluding hydrogens is 313 g/mol. The van der Waals surface area contributed by atoms with E-state index in [4.69, 9.17) is 0 Å². The van der Waals surface area contributed by atoms with Crippen molar-refractivity contribution >= 4 is 0 Å². The standard InChI is InChI=1S/C.Co.Ni.W. The van der Waals surface area contributed by atoms with E-state index in [0.717, 1.165) is 0 Å². The second-order valence-electron chi connectivity index (χ2n) is 0. The maximum atomic E-state index is 0. The first-order valence-electron chi connectivity index (χ1n) is 0. The molecule has 0 nitrogen and oxygen atoms in total. The molecule has 4 heavy (non-hydrogen) atoms. The van der Waals surface area contributed by atoms with Crippen LogP contribution >= 0.6 is 0 Å². The van der Waals surface area contributed by atoms with E-state index in [9.17, 15) is 0 Å². The number of hydrogen-bond acceptors (Lipinski definition) is 0. The minimum atomic E-state index is 0. The summed E-state index contributed by atoms with van der Waals surface area (Å²) in [6, 6.07) is 0. The molecule has 0 N–H and O–H groups in total. The van der Waals surface area contributed by atoms with Crippen molar-refractivity contribution in [1.82, 2.24) is 0 Å². The van der Waals surface area contributed by atoms with Crippen LogP contribution in [0.25, 0.3) is 0 Å². The average molecular weight is 313 g/mol. The molecular formula is CCoNiW. The molecule has 0 saturated heterocycles. The fraction of sp³-hybridized carbons (Fsp3) is 0. The third-order valence-electron chi connectivity index (χ3n) is 0. The summed E-state index contributed by atoms with van der Waals surface area (Å²) in [6.45, 7) is 0. The summed E-state index contributed by atoms with van der Waals surface area (Å²) in [5, 5.41) is 0. The molecule has 0 aliphatic heterocycles. The Morgan fingerprint density at radius 3 is 1.00 bits per heavy atom. The molecule has 0 spiro atoms. The molecule has 0 bridgehead atoms. The van der Waals surface area contributed by atoms with Crippen molar-refractivity contribution in [2.45, 2.75) is 0 Å². The summed E-state index contributed by atoms with van der Waals surface area (Å²) in [6.07, 6.45) is 0. The summed E-state index contributed by atoms with van der Waals surface area (Å²) >= 11 is 0. The minimum absolute atomic E-state index is 0. The molecule has 0 aromatic heterocycles. The molecule has 0 aromatic carbocycles. The van der Waals surface area contributed by atoms with Crippen molar-refractivity contribution in [1.29, 1.82) is 0 Å². The van der Waals surface area contributed by atoms with E-state index < -0.39 is 0 Å². The summed E-state index contributed by atoms with van der Waals surface area (Å²) in [5.41, 5.74) is 0. The van der Waals surface area contributed by atoms with Gasteiger partial charge in [0, 0.05) is 61.8 Å². The van der Waals surface area contributed by atoms with Crippen LogP contribution in [0.4, 0.5) is 0 Å². The van der Waals surface area contributed by atoms with Crippen molar-refractivity contribution in [2.75, 3.05) is 0 Å². The monoisotopic (exact) mass is 313 g/mol. The molecule has 5 radical (unpaired) electrons. The molecule has 0 saturated carbocycles. The van der Waals surface area contributed by atoms with Gasteiger partial charge in [0.05, 0.1) is 0 Å². The van der Waals surface area contributed by atoms with Crippen molar-refractivity contribution in [3.05, 3.63) is 7.43 Å². The molecule has 3 heteroatoms. The van der Waals surface area contributed by atoms with Crippen LogP contribution in [0.15, 0.2) is 0 Å². The Balaban J connectivity index is 0. The van der Waals surface area contributed by atoms with Gasteiger partial charge in [-0.25, -0.2) is 0 Å². The zero-order valence-electron chi connectivity index (χ0n) is 1.56. The average Bonchev–Trinajstić information content (AvgIpc) is 0. The van der Waals surface area contributed by atoms with Crippen LogP contribution in [0.3, 0.4) is 0 Å². The predicted octanol–water partition coefficient (Wildman–Crippen LogP) is 0.0738. The number of hydrogen-bond donors (Lipinski definition) is 0. The summed E-state index contributed by atoms with van der Waals surface area (Å²) in [7, 11) is 0. The van der Waals surface area contributed by atoms with Crippen molar-refractivity contribution < 1.29 is 54.3 Å². The molecule has 0 amide bonds. The Kier molecular flexibility index (Phi) is 245. The van der Waals surface area contributed by atoms with E-state index in [1.807, 2.05) is 0 Å². The first-order valence-corrected chi connectivity index (χ1v) is 0. The van der Waals surface area contributed by atoms with E-state index >= 15 is 0 Å². The molecule has 0 aliphatic carbocycles. The van der Waals surface area contributed by atoms with E-state index in [1.165, 1.54) is 0 Å². The minimum Gasteiger partial charge on any atom is 0 e. The van der Waals surface area contributed by atoms with Crippen LogP contribution in [0.2, 0.25) is 0 Å². The quantitative estimate of drug-likeness (QED) is 0.556. The van der Waals surface area contributed by atoms with Crippen LogP contribution in [-0.4, -0.2) is 0 Å². The van der Waals surface area contributed by atoms with Gasteiger partial charge in [0.1, 0.15) is 0 Å². The smallest absolute Gasteiger partial charge is 0 e. The normalized spacial score (nSPS) is 0. The first-order chi connectivity index (χ1) is 0. The van der Waals surface area contributed by atoms with Crippen LogP contribution in [0.1, 0.15) is 0 Å². The molecule has 0 aliphatic rings. The number of rotatable bonds is 0. The van der Waals surface area contributed by atoms with Crippen molar-refractivity contribution in [3.63, 3.8) is 0 Å². The molecule has 0 atom stereocenters. The summed E-state index contributed by atoms with van der Waals surface area (Å²) in [4.78, 5) is 0. The zero-order chi connectivity index (χ0) is 0. The molecule has 0 fully saturated rings. The fourth-order valence-corrected chi connectivity index (χ4v) is 0. The van der Waals surface area contributed by atoms with Crippen LogP contribution in [0.5, 0.6) is 0 Å². The Labute approximate surface area is 61.5 Å². The van der Waals surface area contributed by atoms with Gasteiger partial charge in [-0.1, -0.05) is 0 Å². The molecule has 0 heterocycles. The Hall–Kier alpha value is 1.69. The van der Waals surface area contributed by atoms with Crippen LogP contribution < -0.4 is 0 Å². The summed E-state index contributed by atoms with van der Waals surface area (Å²) < 4.78 is 0. The van der Waals surface area contributed by atoms with Gasteiger partial charge in [-0.2, -0.15) is 0 Å². The van der Waals surface area contributed by atoms with E-state index in [0.29, 0.717) is 0 Å². The Morgan fingerprint density at radius 2 is 1.00 bits per heavy atom. The van der Waals surface area contributed by atoms with E-state index in [1.54, 1.807) is 0 Å². The van der Waals surface area contributed by atoms with Crippen molar-refractivity contribution in [3.8, 4) is 0 Å². The Bertz CT molecular complexity index is 8.00. The van der Waals surface area contributed by atoms with Gasteiger partial charge in [-0.05, 0) is 0 Å². The van der Waals surface area contributed by atoms with E-state index in [2.05, 4.69) is 0 Å². The van der Waals surface area contributed by atoms with Gasteiger partial charge < -0.3 is 0 Å². The third-order valence-corrected chi connectivity index (χ3v) is 0. The second kappa shape index (κ2) is 22.4. The van der Waals surface area contributed by atoms with E-state index in [-0.39, 0.29) is 61.8 Å². The topological polar surface area (TPSA) is 0 Å². The maximum absolute atomic E-state index is 0. The van der Waals surface area contributed by atoms with Crippen LogP contribution in [-0.2, 0) is 54.3 Å². The Morgan fingerprint density at radius 1 is 1.00 bits per heavy atom. The molecule has 29 valence electrons. The molecule has 0 rings (SSSR count). The van der Waals surface area contributed by atoms with Gasteiger partial charge in [-0.15, -0.1) is 0 Å². The third kappa shape index (κ3) is 9.35. The fourth-order valence-electron chi connectivity index (χ4n) is 0. The zero-order valence-corrected chi connectivity index (χ0v) is 6.52. The summed E-state index contributed by atoms with van der Waals surface area (Å²) in [5.74, 6) is 0. The first kappa shape index (κ1) is 43.9. The predicted molar refractivity (Wildman–Crippen MR) is 3.24 cm³/mol. The SMILES string of the molecule is [C].[Co].[Ni].[W]. The molecule has 0 aromatic rings. The van der Waals surface area contributed by atoms with Crippen molar-refractivity contribution in [2.24, 2.45) is 0 Å². The van der Waals surface area contributed by atoms with Gasteiger partial charge >= 0.3 is 0 Å². The van der Waals surface area contributed by atoms with Gasteiger partial charge in [0.2, 0.25) is 0 Å².